The van der Waals surface area contributed by atoms with Crippen LogP contribution < -0.4 is 15.2 Å². The number of halogens is 2. The predicted molar refractivity (Wildman–Crippen MR) is 79.8 cm³/mol. The molecule has 0 aliphatic rings. The van der Waals surface area contributed by atoms with Crippen LogP contribution in [0.4, 0.5) is 4.39 Å². The third kappa shape index (κ3) is 3.11. The Morgan fingerprint density at radius 3 is 2.45 bits per heavy atom. The third-order valence-electron chi connectivity index (χ3n) is 2.82. The zero-order valence-corrected chi connectivity index (χ0v) is 12.8. The smallest absolute Gasteiger partial charge is 0.166 e. The first-order chi connectivity index (χ1) is 9.52. The molecule has 5 heteroatoms. The fraction of sp³-hybridized carbons (Fsp3) is 0.200. The zero-order valence-electron chi connectivity index (χ0n) is 11.2. The van der Waals surface area contributed by atoms with Gasteiger partial charge >= 0.3 is 0 Å². The van der Waals surface area contributed by atoms with E-state index in [1.807, 2.05) is 6.92 Å². The molecular weight excluding hydrogens is 325 g/mol. The van der Waals surface area contributed by atoms with Crippen molar-refractivity contribution in [3.63, 3.8) is 0 Å². The van der Waals surface area contributed by atoms with Crippen molar-refractivity contribution in [2.45, 2.75) is 13.0 Å². The zero-order chi connectivity index (χ0) is 14.7. The first kappa shape index (κ1) is 14.8. The highest BCUT2D eigenvalue weighted by Gasteiger charge is 2.16. The van der Waals surface area contributed by atoms with Crippen LogP contribution in [0.2, 0.25) is 0 Å². The Morgan fingerprint density at radius 2 is 1.85 bits per heavy atom. The molecule has 0 radical (unpaired) electrons. The van der Waals surface area contributed by atoms with Crippen molar-refractivity contribution < 1.29 is 13.9 Å². The third-order valence-corrected chi connectivity index (χ3v) is 3.31. The predicted octanol–water partition coefficient (Wildman–Crippen LogP) is 4.41. The quantitative estimate of drug-likeness (QED) is 0.897. The fourth-order valence-corrected chi connectivity index (χ4v) is 2.25. The number of hydrogen-bond donors (Lipinski definition) is 1. The van der Waals surface area contributed by atoms with Gasteiger partial charge in [0.2, 0.25) is 0 Å². The summed E-state index contributed by atoms with van der Waals surface area (Å²) in [5.74, 6) is 0.803. The molecule has 2 aromatic rings. The number of methoxy groups -OCH3 is 1. The molecule has 0 fully saturated rings. The van der Waals surface area contributed by atoms with Crippen LogP contribution in [0.3, 0.4) is 0 Å². The lowest BCUT2D eigenvalue weighted by atomic mass is 10.1. The molecule has 0 bridgehead atoms. The van der Waals surface area contributed by atoms with Crippen molar-refractivity contribution in [2.75, 3.05) is 7.11 Å². The summed E-state index contributed by atoms with van der Waals surface area (Å²) >= 11 is 3.21. The second-order valence-corrected chi connectivity index (χ2v) is 5.25. The van der Waals surface area contributed by atoms with E-state index in [9.17, 15) is 4.39 Å². The van der Waals surface area contributed by atoms with Crippen molar-refractivity contribution in [3.05, 3.63) is 52.3 Å². The number of rotatable bonds is 4. The van der Waals surface area contributed by atoms with Crippen LogP contribution in [-0.2, 0) is 0 Å². The Bertz CT molecular complexity index is 617. The van der Waals surface area contributed by atoms with Crippen LogP contribution in [0.25, 0.3) is 0 Å². The van der Waals surface area contributed by atoms with Crippen molar-refractivity contribution >= 4 is 15.9 Å². The Hall–Kier alpha value is -1.59. The van der Waals surface area contributed by atoms with Gasteiger partial charge in [-0.25, -0.2) is 4.39 Å². The van der Waals surface area contributed by atoms with E-state index in [2.05, 4.69) is 15.9 Å². The molecule has 2 N–H and O–H groups in total. The molecule has 0 aromatic heterocycles. The van der Waals surface area contributed by atoms with Crippen LogP contribution in [0.1, 0.15) is 18.5 Å². The van der Waals surface area contributed by atoms with Crippen molar-refractivity contribution in [1.29, 1.82) is 0 Å². The van der Waals surface area contributed by atoms with Gasteiger partial charge in [0, 0.05) is 10.5 Å². The average Bonchev–Trinajstić information content (AvgIpc) is 2.41. The summed E-state index contributed by atoms with van der Waals surface area (Å²) in [5, 5.41) is 0. The first-order valence-corrected chi connectivity index (χ1v) is 6.87. The van der Waals surface area contributed by atoms with Gasteiger partial charge in [-0.2, -0.15) is 0 Å². The van der Waals surface area contributed by atoms with Gasteiger partial charge in [0.25, 0.3) is 0 Å². The second kappa shape index (κ2) is 6.24. The standard InChI is InChI=1S/C15H15BrFNO2/c1-9(18)15-13(19-2)4-3-5-14(15)20-12-7-6-10(16)8-11(12)17/h3-9H,18H2,1-2H3/t9-/m0/s1. The summed E-state index contributed by atoms with van der Waals surface area (Å²) in [5.41, 5.74) is 6.65. The van der Waals surface area contributed by atoms with E-state index in [1.165, 1.54) is 6.07 Å². The van der Waals surface area contributed by atoms with Crippen LogP contribution in [0.5, 0.6) is 17.2 Å². The van der Waals surface area contributed by atoms with Gasteiger partial charge in [-0.3, -0.25) is 0 Å². The Morgan fingerprint density at radius 1 is 1.15 bits per heavy atom. The summed E-state index contributed by atoms with van der Waals surface area (Å²) in [6.07, 6.45) is 0. The summed E-state index contributed by atoms with van der Waals surface area (Å²) < 4.78 is 25.4. The molecule has 0 saturated heterocycles. The minimum atomic E-state index is -0.446. The highest BCUT2D eigenvalue weighted by atomic mass is 79.9. The van der Waals surface area contributed by atoms with Gasteiger partial charge in [0.15, 0.2) is 11.6 Å². The molecule has 0 heterocycles. The molecule has 0 unspecified atom stereocenters. The maximum absolute atomic E-state index is 13.8. The number of ether oxygens (including phenoxy) is 2. The van der Waals surface area contributed by atoms with E-state index in [4.69, 9.17) is 15.2 Å². The van der Waals surface area contributed by atoms with Crippen LogP contribution in [-0.4, -0.2) is 7.11 Å². The first-order valence-electron chi connectivity index (χ1n) is 6.08. The monoisotopic (exact) mass is 339 g/mol. The SMILES string of the molecule is COc1cccc(Oc2ccc(Br)cc2F)c1[C@H](C)N. The molecule has 20 heavy (non-hydrogen) atoms. The van der Waals surface area contributed by atoms with Gasteiger partial charge in [0.1, 0.15) is 11.5 Å². The van der Waals surface area contributed by atoms with E-state index in [0.717, 1.165) is 0 Å². The van der Waals surface area contributed by atoms with E-state index in [1.54, 1.807) is 37.4 Å². The van der Waals surface area contributed by atoms with E-state index in [0.29, 0.717) is 21.5 Å². The lowest BCUT2D eigenvalue weighted by molar-refractivity contribution is 0.393. The van der Waals surface area contributed by atoms with Gasteiger partial charge in [0.05, 0.1) is 12.7 Å². The van der Waals surface area contributed by atoms with Gasteiger partial charge in [-0.15, -0.1) is 0 Å². The lowest BCUT2D eigenvalue weighted by Gasteiger charge is -2.17. The Kier molecular flexibility index (Phi) is 4.62. The largest absolute Gasteiger partial charge is 0.496 e. The number of nitrogens with two attached hydrogens (primary N) is 1. The normalized spacial score (nSPS) is 12.1. The molecule has 0 spiro atoms. The number of benzene rings is 2. The molecule has 2 aromatic carbocycles. The molecule has 0 saturated carbocycles. The van der Waals surface area contributed by atoms with E-state index < -0.39 is 5.82 Å². The minimum Gasteiger partial charge on any atom is -0.496 e. The molecule has 106 valence electrons. The molecule has 3 nitrogen and oxygen atoms in total. The minimum absolute atomic E-state index is 0.142. The van der Waals surface area contributed by atoms with Crippen molar-refractivity contribution in [3.8, 4) is 17.2 Å². The Balaban J connectivity index is 2.43. The summed E-state index contributed by atoms with van der Waals surface area (Å²) in [4.78, 5) is 0. The van der Waals surface area contributed by atoms with Gasteiger partial charge in [-0.05, 0) is 37.3 Å². The summed E-state index contributed by atoms with van der Waals surface area (Å²) in [6, 6.07) is 9.64. The van der Waals surface area contributed by atoms with E-state index in [-0.39, 0.29) is 11.8 Å². The molecular formula is C15H15BrFNO2. The highest BCUT2D eigenvalue weighted by Crippen LogP contribution is 2.36. The van der Waals surface area contributed by atoms with Gasteiger partial charge in [-0.1, -0.05) is 22.0 Å². The highest BCUT2D eigenvalue weighted by molar-refractivity contribution is 9.10. The van der Waals surface area contributed by atoms with Crippen LogP contribution in [0.15, 0.2) is 40.9 Å². The number of hydrogen-bond acceptors (Lipinski definition) is 3. The fourth-order valence-electron chi connectivity index (χ4n) is 1.92. The average molecular weight is 340 g/mol. The van der Waals surface area contributed by atoms with Crippen LogP contribution >= 0.6 is 15.9 Å². The maximum Gasteiger partial charge on any atom is 0.166 e. The molecule has 0 amide bonds. The molecule has 2 rings (SSSR count). The molecule has 1 atom stereocenters. The second-order valence-electron chi connectivity index (χ2n) is 4.34. The van der Waals surface area contributed by atoms with Crippen molar-refractivity contribution in [2.24, 2.45) is 5.73 Å². The van der Waals surface area contributed by atoms with Gasteiger partial charge < -0.3 is 15.2 Å². The lowest BCUT2D eigenvalue weighted by Crippen LogP contribution is -2.09. The summed E-state index contributed by atoms with van der Waals surface area (Å²) in [6.45, 7) is 1.82. The van der Waals surface area contributed by atoms with Crippen LogP contribution in [0, 0.1) is 5.82 Å². The van der Waals surface area contributed by atoms with Crippen molar-refractivity contribution in [1.82, 2.24) is 0 Å². The topological polar surface area (TPSA) is 44.5 Å². The Labute approximate surface area is 125 Å². The molecule has 0 aliphatic carbocycles. The molecule has 0 aliphatic heterocycles. The summed E-state index contributed by atoms with van der Waals surface area (Å²) in [7, 11) is 1.56. The maximum atomic E-state index is 13.8. The van der Waals surface area contributed by atoms with E-state index >= 15 is 0 Å².